The van der Waals surface area contributed by atoms with E-state index in [1.807, 2.05) is 51.1 Å². The summed E-state index contributed by atoms with van der Waals surface area (Å²) in [6.07, 6.45) is 0. The number of aromatic nitrogens is 1. The molecule has 2 N–H and O–H groups in total. The molecule has 0 aliphatic carbocycles. The molecule has 5 nitrogen and oxygen atoms in total. The van der Waals surface area contributed by atoms with E-state index >= 15 is 0 Å². The topological polar surface area (TPSA) is 66.7 Å². The number of nitrogens with one attached hydrogen (secondary N) is 1. The van der Waals surface area contributed by atoms with Gasteiger partial charge in [-0.3, -0.25) is 15.7 Å². The van der Waals surface area contributed by atoms with Crippen LogP contribution in [0.3, 0.4) is 0 Å². The zero-order valence-corrected chi connectivity index (χ0v) is 14.9. The van der Waals surface area contributed by atoms with E-state index in [0.717, 1.165) is 5.69 Å². The van der Waals surface area contributed by atoms with Crippen LogP contribution in [-0.2, 0) is 0 Å². The molecule has 1 aromatic heterocycles. The molecule has 5 heteroatoms. The number of aliphatic imine (C=N–C) groups is 1. The lowest BCUT2D eigenvalue weighted by atomic mass is 10.0. The quantitative estimate of drug-likeness (QED) is 0.484. The molecule has 2 aromatic rings. The predicted octanol–water partition coefficient (Wildman–Crippen LogP) is 4.44. The van der Waals surface area contributed by atoms with Gasteiger partial charge in [0, 0.05) is 11.7 Å². The van der Waals surface area contributed by atoms with Crippen molar-refractivity contribution in [3.63, 3.8) is 0 Å². The largest absolute Gasteiger partial charge is 0.438 e. The average Bonchev–Trinajstić information content (AvgIpc) is 2.53. The minimum absolute atomic E-state index is 0.0260. The summed E-state index contributed by atoms with van der Waals surface area (Å²) in [5, 5.41) is 9.44. The van der Waals surface area contributed by atoms with Gasteiger partial charge >= 0.3 is 0 Å². The van der Waals surface area contributed by atoms with Crippen molar-refractivity contribution in [1.29, 1.82) is 0 Å². The molecule has 128 valence electrons. The third-order valence-corrected chi connectivity index (χ3v) is 3.49. The number of aryl methyl sites for hydroxylation is 1. The van der Waals surface area contributed by atoms with Gasteiger partial charge in [0.25, 0.3) is 0 Å². The molecular formula is C19H25N3O2. The highest BCUT2D eigenvalue weighted by Crippen LogP contribution is 2.27. The third-order valence-electron chi connectivity index (χ3n) is 3.49. The second-order valence-corrected chi connectivity index (χ2v) is 6.32. The first-order chi connectivity index (χ1) is 11.4. The van der Waals surface area contributed by atoms with Gasteiger partial charge in [0.2, 0.25) is 5.88 Å². The van der Waals surface area contributed by atoms with Gasteiger partial charge in [0.15, 0.2) is 5.84 Å². The Morgan fingerprint density at radius 2 is 1.92 bits per heavy atom. The van der Waals surface area contributed by atoms with Crippen molar-refractivity contribution in [1.82, 2.24) is 10.5 Å². The van der Waals surface area contributed by atoms with Crippen LogP contribution in [0.5, 0.6) is 11.6 Å². The number of hydrogen-bond donors (Lipinski definition) is 2. The zero-order valence-electron chi connectivity index (χ0n) is 14.9. The molecule has 24 heavy (non-hydrogen) atoms. The molecule has 1 heterocycles. The van der Waals surface area contributed by atoms with Crippen LogP contribution >= 0.6 is 0 Å². The van der Waals surface area contributed by atoms with Crippen LogP contribution in [0, 0.1) is 6.92 Å². The lowest BCUT2D eigenvalue weighted by Crippen LogP contribution is -2.23. The van der Waals surface area contributed by atoms with E-state index in [-0.39, 0.29) is 6.04 Å². The van der Waals surface area contributed by atoms with E-state index in [0.29, 0.717) is 28.9 Å². The Kier molecular flexibility index (Phi) is 5.93. The number of ether oxygens (including phenoxy) is 1. The Hall–Kier alpha value is -2.40. The minimum atomic E-state index is 0.0260. The number of nitrogens with zero attached hydrogens (tertiary/aromatic N) is 2. The number of benzene rings is 1. The summed E-state index contributed by atoms with van der Waals surface area (Å²) in [7, 11) is 0. The van der Waals surface area contributed by atoms with Crippen molar-refractivity contribution >= 4 is 5.84 Å². The summed E-state index contributed by atoms with van der Waals surface area (Å²) < 4.78 is 6.00. The monoisotopic (exact) mass is 327 g/mol. The fourth-order valence-corrected chi connectivity index (χ4v) is 2.26. The number of pyridine rings is 1. The smallest absolute Gasteiger partial charge is 0.230 e. The standard InChI is InChI=1S/C19H25N3O2/c1-12(2)15-7-6-8-16(11-15)24-19-17(10-9-14(5)21-19)18(22-23)20-13(3)4/h6-13,23H,1-5H3,(H,20,22). The van der Waals surface area contributed by atoms with Crippen molar-refractivity contribution in [2.75, 3.05) is 0 Å². The summed E-state index contributed by atoms with van der Waals surface area (Å²) >= 11 is 0. The molecule has 1 aromatic carbocycles. The third kappa shape index (κ3) is 4.55. The molecule has 0 saturated carbocycles. The molecule has 0 spiro atoms. The molecule has 0 unspecified atom stereocenters. The Morgan fingerprint density at radius 3 is 2.54 bits per heavy atom. The van der Waals surface area contributed by atoms with E-state index in [1.165, 1.54) is 5.56 Å². The molecular weight excluding hydrogens is 302 g/mol. The van der Waals surface area contributed by atoms with Gasteiger partial charge in [0.05, 0.1) is 5.56 Å². The maximum atomic E-state index is 9.44. The van der Waals surface area contributed by atoms with Gasteiger partial charge in [-0.2, -0.15) is 0 Å². The average molecular weight is 327 g/mol. The van der Waals surface area contributed by atoms with Crippen molar-refractivity contribution in [2.45, 2.75) is 46.6 Å². The number of hydrogen-bond acceptors (Lipinski definition) is 4. The van der Waals surface area contributed by atoms with E-state index in [9.17, 15) is 5.21 Å². The summed E-state index contributed by atoms with van der Waals surface area (Å²) in [6, 6.07) is 11.7. The summed E-state index contributed by atoms with van der Waals surface area (Å²) in [6.45, 7) is 10.0. The lowest BCUT2D eigenvalue weighted by molar-refractivity contribution is 0.234. The van der Waals surface area contributed by atoms with Gasteiger partial charge in [-0.15, -0.1) is 0 Å². The summed E-state index contributed by atoms with van der Waals surface area (Å²) in [5.74, 6) is 1.88. The molecule has 0 aliphatic heterocycles. The van der Waals surface area contributed by atoms with Crippen molar-refractivity contribution < 1.29 is 9.94 Å². The van der Waals surface area contributed by atoms with Crippen LogP contribution in [-0.4, -0.2) is 22.1 Å². The van der Waals surface area contributed by atoms with Crippen molar-refractivity contribution in [2.24, 2.45) is 4.99 Å². The molecule has 0 atom stereocenters. The van der Waals surface area contributed by atoms with E-state index in [1.54, 1.807) is 0 Å². The lowest BCUT2D eigenvalue weighted by Gasteiger charge is -2.14. The number of hydroxylamine groups is 1. The van der Waals surface area contributed by atoms with Gasteiger partial charge in [0.1, 0.15) is 5.75 Å². The predicted molar refractivity (Wildman–Crippen MR) is 96.2 cm³/mol. The van der Waals surface area contributed by atoms with Gasteiger partial charge in [-0.1, -0.05) is 26.0 Å². The van der Waals surface area contributed by atoms with Crippen LogP contribution in [0.15, 0.2) is 41.4 Å². The fourth-order valence-electron chi connectivity index (χ4n) is 2.26. The van der Waals surface area contributed by atoms with Crippen LogP contribution in [0.2, 0.25) is 0 Å². The number of rotatable bonds is 5. The van der Waals surface area contributed by atoms with Crippen molar-refractivity contribution in [3.8, 4) is 11.6 Å². The highest BCUT2D eigenvalue weighted by Gasteiger charge is 2.14. The fraction of sp³-hybridized carbons (Fsp3) is 0.368. The van der Waals surface area contributed by atoms with Crippen LogP contribution < -0.4 is 10.2 Å². The first-order valence-electron chi connectivity index (χ1n) is 8.14. The Balaban J connectivity index is 2.43. The summed E-state index contributed by atoms with van der Waals surface area (Å²) in [5.41, 5.74) is 4.79. The Bertz CT molecular complexity index is 724. The van der Waals surface area contributed by atoms with E-state index < -0.39 is 0 Å². The van der Waals surface area contributed by atoms with Crippen LogP contribution in [0.1, 0.15) is 50.4 Å². The second kappa shape index (κ2) is 7.93. The van der Waals surface area contributed by atoms with Gasteiger partial charge in [-0.05, 0) is 56.5 Å². The highest BCUT2D eigenvalue weighted by atomic mass is 16.5. The summed E-state index contributed by atoms with van der Waals surface area (Å²) in [4.78, 5) is 8.84. The molecule has 0 fully saturated rings. The first kappa shape index (κ1) is 17.9. The minimum Gasteiger partial charge on any atom is -0.438 e. The van der Waals surface area contributed by atoms with Crippen LogP contribution in [0.25, 0.3) is 0 Å². The molecule has 0 bridgehead atoms. The van der Waals surface area contributed by atoms with E-state index in [2.05, 4.69) is 35.4 Å². The Labute approximate surface area is 143 Å². The molecule has 0 amide bonds. The zero-order chi connectivity index (χ0) is 17.7. The van der Waals surface area contributed by atoms with Gasteiger partial charge in [-0.25, -0.2) is 4.98 Å². The molecule has 2 rings (SSSR count). The molecule has 0 saturated heterocycles. The molecule has 0 aliphatic rings. The second-order valence-electron chi connectivity index (χ2n) is 6.32. The van der Waals surface area contributed by atoms with E-state index in [4.69, 9.17) is 4.74 Å². The van der Waals surface area contributed by atoms with Crippen LogP contribution in [0.4, 0.5) is 0 Å². The molecule has 0 radical (unpaired) electrons. The SMILES string of the molecule is Cc1ccc(C(=NC(C)C)NO)c(Oc2cccc(C(C)C)c2)n1. The maximum Gasteiger partial charge on any atom is 0.230 e. The normalized spacial score (nSPS) is 11.9. The Morgan fingerprint density at radius 1 is 1.17 bits per heavy atom. The maximum absolute atomic E-state index is 9.44. The highest BCUT2D eigenvalue weighted by molar-refractivity contribution is 6.00. The van der Waals surface area contributed by atoms with Crippen molar-refractivity contribution in [3.05, 3.63) is 53.2 Å². The number of amidine groups is 1. The van der Waals surface area contributed by atoms with Gasteiger partial charge < -0.3 is 4.74 Å². The first-order valence-corrected chi connectivity index (χ1v) is 8.14.